The molecule has 1 aromatic rings. The summed E-state index contributed by atoms with van der Waals surface area (Å²) in [6.07, 6.45) is 3.30. The van der Waals surface area contributed by atoms with Crippen LogP contribution in [0, 0.1) is 0 Å². The van der Waals surface area contributed by atoms with E-state index in [0.29, 0.717) is 12.1 Å². The molecule has 0 aliphatic carbocycles. The number of aromatic nitrogens is 1. The summed E-state index contributed by atoms with van der Waals surface area (Å²) in [7, 11) is 0. The molecule has 0 radical (unpaired) electrons. The van der Waals surface area contributed by atoms with E-state index in [1.165, 1.54) is 16.4 Å². The lowest BCUT2D eigenvalue weighted by Crippen LogP contribution is -2.37. The Morgan fingerprint density at radius 3 is 2.85 bits per heavy atom. The molecule has 2 rings (SSSR count). The Hall–Kier alpha value is -0.650. The molecular weight excluding hydrogens is 268 g/mol. The maximum absolute atomic E-state index is 4.63. The van der Waals surface area contributed by atoms with E-state index in [4.69, 9.17) is 0 Å². The highest BCUT2D eigenvalue weighted by Gasteiger charge is 2.28. The molecular formula is C15H28N4S. The average molecular weight is 296 g/mol. The Labute approximate surface area is 127 Å². The van der Waals surface area contributed by atoms with Gasteiger partial charge >= 0.3 is 0 Å². The third-order valence-corrected chi connectivity index (χ3v) is 5.45. The van der Waals surface area contributed by atoms with Crippen molar-refractivity contribution in [2.45, 2.75) is 46.2 Å². The molecule has 114 valence electrons. The van der Waals surface area contributed by atoms with Crippen LogP contribution in [0.5, 0.6) is 0 Å². The van der Waals surface area contributed by atoms with Crippen molar-refractivity contribution < 1.29 is 0 Å². The molecule has 1 aliphatic rings. The molecule has 2 atom stereocenters. The van der Waals surface area contributed by atoms with E-state index in [1.54, 1.807) is 0 Å². The summed E-state index contributed by atoms with van der Waals surface area (Å²) in [4.78, 5) is 11.0. The van der Waals surface area contributed by atoms with Crippen molar-refractivity contribution >= 4 is 16.5 Å². The SMILES string of the molecule is CCNC(C)c1cnc(N2CCC(N(CC)CC)C2)s1. The second kappa shape index (κ2) is 7.38. The molecule has 1 fully saturated rings. The van der Waals surface area contributed by atoms with Gasteiger partial charge in [0, 0.05) is 36.2 Å². The number of hydrogen-bond acceptors (Lipinski definition) is 5. The van der Waals surface area contributed by atoms with Crippen LogP contribution in [0.2, 0.25) is 0 Å². The third kappa shape index (κ3) is 3.51. The lowest BCUT2D eigenvalue weighted by Gasteiger charge is -2.25. The van der Waals surface area contributed by atoms with Gasteiger partial charge < -0.3 is 10.2 Å². The fourth-order valence-corrected chi connectivity index (χ4v) is 3.96. The van der Waals surface area contributed by atoms with Crippen LogP contribution in [0.15, 0.2) is 6.20 Å². The number of thiazole rings is 1. The maximum Gasteiger partial charge on any atom is 0.185 e. The van der Waals surface area contributed by atoms with Gasteiger partial charge in [0.15, 0.2) is 5.13 Å². The average Bonchev–Trinajstić information content (AvgIpc) is 3.09. The van der Waals surface area contributed by atoms with Crippen LogP contribution >= 0.6 is 11.3 Å². The Bertz CT molecular complexity index is 402. The van der Waals surface area contributed by atoms with Crippen molar-refractivity contribution in [2.24, 2.45) is 0 Å². The molecule has 2 heterocycles. The van der Waals surface area contributed by atoms with Gasteiger partial charge in [-0.2, -0.15) is 0 Å². The van der Waals surface area contributed by atoms with Gasteiger partial charge in [0.1, 0.15) is 0 Å². The highest BCUT2D eigenvalue weighted by Crippen LogP contribution is 2.30. The van der Waals surface area contributed by atoms with Crippen molar-refractivity contribution in [3.63, 3.8) is 0 Å². The molecule has 0 amide bonds. The lowest BCUT2D eigenvalue weighted by molar-refractivity contribution is 0.232. The molecule has 0 spiro atoms. The van der Waals surface area contributed by atoms with E-state index >= 15 is 0 Å². The fourth-order valence-electron chi connectivity index (χ4n) is 2.98. The first-order chi connectivity index (χ1) is 9.69. The van der Waals surface area contributed by atoms with Crippen molar-refractivity contribution in [1.82, 2.24) is 15.2 Å². The third-order valence-electron chi connectivity index (χ3n) is 4.21. The molecule has 1 aromatic heterocycles. The molecule has 1 saturated heterocycles. The van der Waals surface area contributed by atoms with Crippen LogP contribution in [0.25, 0.3) is 0 Å². The monoisotopic (exact) mass is 296 g/mol. The van der Waals surface area contributed by atoms with Gasteiger partial charge in [0.25, 0.3) is 0 Å². The summed E-state index contributed by atoms with van der Waals surface area (Å²) in [6.45, 7) is 14.4. The van der Waals surface area contributed by atoms with Gasteiger partial charge in [0.05, 0.1) is 0 Å². The van der Waals surface area contributed by atoms with Gasteiger partial charge in [-0.3, -0.25) is 4.90 Å². The number of hydrogen-bond donors (Lipinski definition) is 1. The Balaban J connectivity index is 1.96. The number of anilines is 1. The normalized spacial score (nSPS) is 20.9. The van der Waals surface area contributed by atoms with Gasteiger partial charge in [-0.1, -0.05) is 20.8 Å². The predicted octanol–water partition coefficient (Wildman–Crippen LogP) is 2.73. The topological polar surface area (TPSA) is 31.4 Å². The minimum absolute atomic E-state index is 0.410. The van der Waals surface area contributed by atoms with Gasteiger partial charge in [-0.05, 0) is 33.0 Å². The zero-order chi connectivity index (χ0) is 14.5. The van der Waals surface area contributed by atoms with Gasteiger partial charge in [0.2, 0.25) is 0 Å². The zero-order valence-electron chi connectivity index (χ0n) is 13.2. The molecule has 20 heavy (non-hydrogen) atoms. The number of nitrogens with one attached hydrogen (secondary N) is 1. The molecule has 2 unspecified atom stereocenters. The Kier molecular flexibility index (Phi) is 5.81. The van der Waals surface area contributed by atoms with Crippen LogP contribution < -0.4 is 10.2 Å². The second-order valence-electron chi connectivity index (χ2n) is 5.43. The van der Waals surface area contributed by atoms with E-state index in [1.807, 2.05) is 17.5 Å². The van der Waals surface area contributed by atoms with E-state index < -0.39 is 0 Å². The van der Waals surface area contributed by atoms with Crippen molar-refractivity contribution in [3.8, 4) is 0 Å². The van der Waals surface area contributed by atoms with Gasteiger partial charge in [-0.25, -0.2) is 4.98 Å². The summed E-state index contributed by atoms with van der Waals surface area (Å²) in [5.74, 6) is 0. The van der Waals surface area contributed by atoms with E-state index in [0.717, 1.165) is 32.7 Å². The largest absolute Gasteiger partial charge is 0.346 e. The standard InChI is InChI=1S/C15H28N4S/c1-5-16-12(4)14-10-17-15(20-14)19-9-8-13(11-19)18(6-2)7-3/h10,12-13,16H,5-9,11H2,1-4H3. The molecule has 4 nitrogen and oxygen atoms in total. The van der Waals surface area contributed by atoms with Crippen molar-refractivity contribution in [1.29, 1.82) is 0 Å². The van der Waals surface area contributed by atoms with Crippen molar-refractivity contribution in [3.05, 3.63) is 11.1 Å². The van der Waals surface area contributed by atoms with Crippen molar-refractivity contribution in [2.75, 3.05) is 37.6 Å². The minimum Gasteiger partial charge on any atom is -0.346 e. The van der Waals surface area contributed by atoms with Crippen LogP contribution in [-0.4, -0.2) is 48.6 Å². The van der Waals surface area contributed by atoms with Crippen LogP contribution in [0.1, 0.15) is 45.0 Å². The molecule has 1 N–H and O–H groups in total. The van der Waals surface area contributed by atoms with Crippen LogP contribution in [0.3, 0.4) is 0 Å². The molecule has 1 aliphatic heterocycles. The van der Waals surface area contributed by atoms with E-state index in [-0.39, 0.29) is 0 Å². The van der Waals surface area contributed by atoms with E-state index in [9.17, 15) is 0 Å². The molecule has 0 aromatic carbocycles. The van der Waals surface area contributed by atoms with Crippen LogP contribution in [-0.2, 0) is 0 Å². The Morgan fingerprint density at radius 2 is 2.20 bits per heavy atom. The number of nitrogens with zero attached hydrogens (tertiary/aromatic N) is 3. The van der Waals surface area contributed by atoms with E-state index in [2.05, 4.69) is 47.8 Å². The highest BCUT2D eigenvalue weighted by atomic mass is 32.1. The summed E-state index contributed by atoms with van der Waals surface area (Å²) in [6, 6.07) is 1.11. The fraction of sp³-hybridized carbons (Fsp3) is 0.800. The summed E-state index contributed by atoms with van der Waals surface area (Å²) in [5, 5.41) is 4.65. The predicted molar refractivity (Wildman–Crippen MR) is 87.7 cm³/mol. The van der Waals surface area contributed by atoms with Crippen LogP contribution in [0.4, 0.5) is 5.13 Å². The number of likely N-dealkylation sites (N-methyl/N-ethyl adjacent to an activating group) is 1. The first-order valence-corrected chi connectivity index (χ1v) is 8.69. The smallest absolute Gasteiger partial charge is 0.185 e. The quantitative estimate of drug-likeness (QED) is 0.838. The summed E-state index contributed by atoms with van der Waals surface area (Å²) in [5.41, 5.74) is 0. The minimum atomic E-state index is 0.410. The first-order valence-electron chi connectivity index (χ1n) is 7.87. The highest BCUT2D eigenvalue weighted by molar-refractivity contribution is 7.15. The second-order valence-corrected chi connectivity index (χ2v) is 6.47. The molecule has 5 heteroatoms. The lowest BCUT2D eigenvalue weighted by atomic mass is 10.2. The zero-order valence-corrected chi connectivity index (χ0v) is 14.0. The van der Waals surface area contributed by atoms with Gasteiger partial charge in [-0.15, -0.1) is 11.3 Å². The summed E-state index contributed by atoms with van der Waals surface area (Å²) < 4.78 is 0. The first kappa shape index (κ1) is 15.7. The summed E-state index contributed by atoms with van der Waals surface area (Å²) >= 11 is 1.84. The molecule has 0 bridgehead atoms. The molecule has 0 saturated carbocycles. The number of rotatable bonds is 7. The maximum atomic E-state index is 4.63. The Morgan fingerprint density at radius 1 is 1.45 bits per heavy atom.